The molecule has 0 aliphatic heterocycles. The van der Waals surface area contributed by atoms with Gasteiger partial charge in [0, 0.05) is 50.4 Å². The summed E-state index contributed by atoms with van der Waals surface area (Å²) in [5.41, 5.74) is 11.9. The summed E-state index contributed by atoms with van der Waals surface area (Å²) < 4.78 is 4.72. The van der Waals surface area contributed by atoms with Crippen LogP contribution in [0.1, 0.15) is 5.56 Å². The third-order valence-corrected chi connectivity index (χ3v) is 10.1. The zero-order valence-electron chi connectivity index (χ0n) is 29.1. The number of hydrogen-bond acceptors (Lipinski definition) is 3. The fourth-order valence-corrected chi connectivity index (χ4v) is 7.59. The van der Waals surface area contributed by atoms with Crippen molar-refractivity contribution >= 4 is 32.7 Å². The first kappa shape index (κ1) is 30.7. The molecule has 0 aliphatic rings. The monoisotopic (exact) mass is 679 g/mol. The lowest BCUT2D eigenvalue weighted by atomic mass is 10.0. The number of hydrogen-bond donors (Lipinski definition) is 0. The number of rotatable bonds is 6. The molecule has 0 saturated heterocycles. The van der Waals surface area contributed by atoms with Crippen molar-refractivity contribution < 1.29 is 0 Å². The van der Waals surface area contributed by atoms with Gasteiger partial charge in [0.05, 0.1) is 16.6 Å². The molecule has 5 heteroatoms. The van der Waals surface area contributed by atoms with Crippen LogP contribution in [-0.2, 0) is 0 Å². The first-order valence-corrected chi connectivity index (χ1v) is 17.9. The van der Waals surface area contributed by atoms with Crippen LogP contribution in [-0.4, -0.2) is 24.1 Å². The highest BCUT2D eigenvalue weighted by Crippen LogP contribution is 2.40. The molecule has 0 N–H and O–H groups in total. The van der Waals surface area contributed by atoms with Gasteiger partial charge in [0.1, 0.15) is 0 Å². The lowest BCUT2D eigenvalue weighted by molar-refractivity contribution is 1.07. The summed E-state index contributed by atoms with van der Waals surface area (Å²) in [6.45, 7) is 2.17. The van der Waals surface area contributed by atoms with Crippen molar-refractivity contribution in [2.45, 2.75) is 6.92 Å². The standard InChI is InChI=1S/C48H33N5/c1-32-15-11-13-23-42(32)52-28-27-41-43(52)26-25-40-39-22-12-14-24-44(39)53(45(40)41)38-30-36(33-16-5-2-6-17-33)29-37(31-38)48-50-46(34-18-7-3-8-19-34)49-47(51-48)35-20-9-4-10-21-35/h2-31H,1H3. The molecule has 0 fully saturated rings. The molecule has 0 aliphatic carbocycles. The highest BCUT2D eigenvalue weighted by atomic mass is 15.0. The van der Waals surface area contributed by atoms with Crippen LogP contribution in [0.15, 0.2) is 182 Å². The number of fused-ring (bicyclic) bond motifs is 5. The third-order valence-electron chi connectivity index (χ3n) is 10.1. The fraction of sp³-hybridized carbons (Fsp3) is 0.0208. The summed E-state index contributed by atoms with van der Waals surface area (Å²) in [6.07, 6.45) is 2.20. The van der Waals surface area contributed by atoms with E-state index in [1.807, 2.05) is 60.7 Å². The number of benzene rings is 7. The molecule has 0 bridgehead atoms. The zero-order valence-corrected chi connectivity index (χ0v) is 29.1. The summed E-state index contributed by atoms with van der Waals surface area (Å²) in [5, 5.41) is 3.60. The van der Waals surface area contributed by atoms with E-state index in [1.54, 1.807) is 0 Å². The van der Waals surface area contributed by atoms with E-state index in [0.717, 1.165) is 50.1 Å². The Bertz CT molecular complexity index is 2880. The molecule has 10 rings (SSSR count). The summed E-state index contributed by atoms with van der Waals surface area (Å²) in [4.78, 5) is 15.3. The van der Waals surface area contributed by atoms with Crippen LogP contribution in [0, 0.1) is 6.92 Å². The molecule has 3 aromatic heterocycles. The molecule has 0 amide bonds. The Morgan fingerprint density at radius 2 is 0.962 bits per heavy atom. The first-order chi connectivity index (χ1) is 26.2. The molecule has 0 saturated carbocycles. The van der Waals surface area contributed by atoms with Gasteiger partial charge < -0.3 is 9.13 Å². The molecular weight excluding hydrogens is 647 g/mol. The van der Waals surface area contributed by atoms with Crippen molar-refractivity contribution in [1.82, 2.24) is 24.1 Å². The van der Waals surface area contributed by atoms with Gasteiger partial charge in [-0.15, -0.1) is 0 Å². The largest absolute Gasteiger partial charge is 0.316 e. The maximum absolute atomic E-state index is 5.14. The van der Waals surface area contributed by atoms with E-state index < -0.39 is 0 Å². The van der Waals surface area contributed by atoms with E-state index in [1.165, 1.54) is 27.4 Å². The maximum Gasteiger partial charge on any atom is 0.164 e. The average molecular weight is 680 g/mol. The minimum absolute atomic E-state index is 0.619. The van der Waals surface area contributed by atoms with Crippen LogP contribution in [0.25, 0.3) is 89.4 Å². The fourth-order valence-electron chi connectivity index (χ4n) is 7.59. The number of para-hydroxylation sites is 2. The van der Waals surface area contributed by atoms with Gasteiger partial charge in [0.2, 0.25) is 0 Å². The maximum atomic E-state index is 5.14. The molecule has 0 radical (unpaired) electrons. The Labute approximate surface area is 307 Å². The van der Waals surface area contributed by atoms with Gasteiger partial charge >= 0.3 is 0 Å². The van der Waals surface area contributed by atoms with Crippen molar-refractivity contribution in [2.75, 3.05) is 0 Å². The van der Waals surface area contributed by atoms with Crippen molar-refractivity contribution in [1.29, 1.82) is 0 Å². The Kier molecular flexibility index (Phi) is 7.29. The minimum atomic E-state index is 0.619. The van der Waals surface area contributed by atoms with Crippen LogP contribution in [0.2, 0.25) is 0 Å². The summed E-state index contributed by atoms with van der Waals surface area (Å²) in [5.74, 6) is 1.89. The number of nitrogens with zero attached hydrogens (tertiary/aromatic N) is 5. The summed E-state index contributed by atoms with van der Waals surface area (Å²) >= 11 is 0. The lowest BCUT2D eigenvalue weighted by Crippen LogP contribution is -2.02. The van der Waals surface area contributed by atoms with Crippen molar-refractivity contribution in [3.63, 3.8) is 0 Å². The lowest BCUT2D eigenvalue weighted by Gasteiger charge is -2.15. The average Bonchev–Trinajstić information content (AvgIpc) is 3.81. The summed E-state index contributed by atoms with van der Waals surface area (Å²) in [7, 11) is 0. The van der Waals surface area contributed by atoms with Crippen LogP contribution in [0.4, 0.5) is 0 Å². The predicted octanol–water partition coefficient (Wildman–Crippen LogP) is 11.9. The highest BCUT2D eigenvalue weighted by molar-refractivity contribution is 6.18. The van der Waals surface area contributed by atoms with Gasteiger partial charge in [-0.3, -0.25) is 0 Å². The Morgan fingerprint density at radius 1 is 0.396 bits per heavy atom. The van der Waals surface area contributed by atoms with E-state index >= 15 is 0 Å². The molecule has 0 atom stereocenters. The first-order valence-electron chi connectivity index (χ1n) is 17.9. The van der Waals surface area contributed by atoms with Gasteiger partial charge in [-0.1, -0.05) is 133 Å². The molecule has 0 spiro atoms. The molecular formula is C48H33N5. The molecule has 0 unspecified atom stereocenters. The van der Waals surface area contributed by atoms with E-state index in [9.17, 15) is 0 Å². The molecule has 10 aromatic rings. The predicted molar refractivity (Wildman–Crippen MR) is 217 cm³/mol. The quantitative estimate of drug-likeness (QED) is 0.176. The number of aryl methyl sites for hydroxylation is 1. The molecule has 7 aromatic carbocycles. The minimum Gasteiger partial charge on any atom is -0.316 e. The van der Waals surface area contributed by atoms with Crippen LogP contribution >= 0.6 is 0 Å². The molecule has 5 nitrogen and oxygen atoms in total. The van der Waals surface area contributed by atoms with Gasteiger partial charge in [-0.2, -0.15) is 0 Å². The SMILES string of the molecule is Cc1ccccc1-n1ccc2c1ccc1c3ccccc3n(-c3cc(-c4ccccc4)cc(-c4nc(-c5ccccc5)nc(-c5ccccc5)n4)c3)c12. The second kappa shape index (κ2) is 12.6. The van der Waals surface area contributed by atoms with Crippen LogP contribution < -0.4 is 0 Å². The van der Waals surface area contributed by atoms with Gasteiger partial charge in [0.15, 0.2) is 17.5 Å². The van der Waals surface area contributed by atoms with Gasteiger partial charge in [-0.25, -0.2) is 15.0 Å². The molecule has 3 heterocycles. The second-order valence-electron chi connectivity index (χ2n) is 13.4. The van der Waals surface area contributed by atoms with E-state index in [2.05, 4.69) is 138 Å². The van der Waals surface area contributed by atoms with Crippen LogP contribution in [0.5, 0.6) is 0 Å². The third kappa shape index (κ3) is 5.29. The zero-order chi connectivity index (χ0) is 35.3. The summed E-state index contributed by atoms with van der Waals surface area (Å²) in [6, 6.07) is 61.6. The van der Waals surface area contributed by atoms with E-state index in [0.29, 0.717) is 17.5 Å². The highest BCUT2D eigenvalue weighted by Gasteiger charge is 2.20. The van der Waals surface area contributed by atoms with E-state index in [4.69, 9.17) is 15.0 Å². The van der Waals surface area contributed by atoms with Crippen molar-refractivity contribution in [3.8, 4) is 56.7 Å². The van der Waals surface area contributed by atoms with Gasteiger partial charge in [-0.05, 0) is 66.1 Å². The number of aromatic nitrogens is 5. The Hall–Kier alpha value is -7.11. The Balaban J connectivity index is 1.27. The second-order valence-corrected chi connectivity index (χ2v) is 13.4. The normalized spacial score (nSPS) is 11.5. The molecule has 53 heavy (non-hydrogen) atoms. The smallest absolute Gasteiger partial charge is 0.164 e. The van der Waals surface area contributed by atoms with Crippen molar-refractivity contribution in [3.05, 3.63) is 188 Å². The van der Waals surface area contributed by atoms with Gasteiger partial charge in [0.25, 0.3) is 0 Å². The van der Waals surface area contributed by atoms with Crippen molar-refractivity contribution in [2.24, 2.45) is 0 Å². The Morgan fingerprint density at radius 3 is 1.64 bits per heavy atom. The topological polar surface area (TPSA) is 48.5 Å². The van der Waals surface area contributed by atoms with E-state index in [-0.39, 0.29) is 0 Å². The van der Waals surface area contributed by atoms with Crippen LogP contribution in [0.3, 0.4) is 0 Å². The molecule has 250 valence electrons.